The quantitative estimate of drug-likeness (QED) is 0.449. The minimum absolute atomic E-state index is 0.0161. The van der Waals surface area contributed by atoms with Crippen molar-refractivity contribution in [1.82, 2.24) is 10.2 Å². The lowest BCUT2D eigenvalue weighted by atomic mass is 10.1. The normalized spacial score (nSPS) is 14.9. The van der Waals surface area contributed by atoms with E-state index < -0.39 is 6.10 Å². The largest absolute Gasteiger partial charge is 0.485 e. The van der Waals surface area contributed by atoms with Crippen LogP contribution in [0.25, 0.3) is 0 Å². The number of anilines is 1. The van der Waals surface area contributed by atoms with E-state index in [0.717, 1.165) is 0 Å². The van der Waals surface area contributed by atoms with Gasteiger partial charge in [-0.1, -0.05) is 23.9 Å². The maximum atomic E-state index is 12.1. The average Bonchev–Trinajstić information content (AvgIpc) is 3.23. The molecule has 1 aromatic heterocycles. The lowest BCUT2D eigenvalue weighted by Gasteiger charge is -2.23. The number of carbonyl (C=O) groups excluding carboxylic acids is 2. The van der Waals surface area contributed by atoms with Gasteiger partial charge in [0.1, 0.15) is 6.61 Å². The van der Waals surface area contributed by atoms with Crippen molar-refractivity contribution in [1.29, 1.82) is 0 Å². The highest BCUT2D eigenvalue weighted by atomic mass is 32.2. The van der Waals surface area contributed by atoms with E-state index in [4.69, 9.17) is 13.9 Å². The molecule has 0 bridgehead atoms. The van der Waals surface area contributed by atoms with E-state index in [0.29, 0.717) is 39.6 Å². The van der Waals surface area contributed by atoms with Crippen LogP contribution in [0.2, 0.25) is 0 Å². The van der Waals surface area contributed by atoms with E-state index in [1.165, 1.54) is 18.7 Å². The second-order valence-corrected chi connectivity index (χ2v) is 7.60. The second-order valence-electron chi connectivity index (χ2n) is 6.55. The lowest BCUT2D eigenvalue weighted by Crippen LogP contribution is -2.21. The number of nitrogens with one attached hydrogen (secondary N) is 1. The fourth-order valence-corrected chi connectivity index (χ4v) is 3.50. The number of rotatable bonds is 7. The molecule has 0 saturated carbocycles. The zero-order valence-electron chi connectivity index (χ0n) is 16.2. The summed E-state index contributed by atoms with van der Waals surface area (Å²) < 4.78 is 17.2. The van der Waals surface area contributed by atoms with E-state index >= 15 is 0 Å². The van der Waals surface area contributed by atoms with Gasteiger partial charge in [-0.3, -0.25) is 9.59 Å². The van der Waals surface area contributed by atoms with Crippen LogP contribution in [0.5, 0.6) is 11.5 Å². The highest BCUT2D eigenvalue weighted by Gasteiger charge is 2.27. The molecule has 8 nitrogen and oxygen atoms in total. The predicted molar refractivity (Wildman–Crippen MR) is 110 cm³/mol. The van der Waals surface area contributed by atoms with E-state index in [-0.39, 0.29) is 24.7 Å². The number of nitrogens with zero attached hydrogens (tertiary/aromatic N) is 2. The molecule has 2 aromatic carbocycles. The fourth-order valence-electron chi connectivity index (χ4n) is 2.79. The smallest absolute Gasteiger partial charge is 0.276 e. The highest BCUT2D eigenvalue weighted by molar-refractivity contribution is 7.99. The molecule has 1 amide bonds. The number of amides is 1. The lowest BCUT2D eigenvalue weighted by molar-refractivity contribution is -0.115. The molecule has 0 spiro atoms. The van der Waals surface area contributed by atoms with Gasteiger partial charge in [0.2, 0.25) is 12.0 Å². The van der Waals surface area contributed by atoms with Crippen LogP contribution in [-0.2, 0) is 4.79 Å². The van der Waals surface area contributed by atoms with Crippen LogP contribution >= 0.6 is 11.8 Å². The van der Waals surface area contributed by atoms with Gasteiger partial charge in [-0.05, 0) is 43.3 Å². The van der Waals surface area contributed by atoms with Crippen LogP contribution in [-0.4, -0.2) is 34.2 Å². The van der Waals surface area contributed by atoms with Gasteiger partial charge in [0, 0.05) is 23.4 Å². The Bertz CT molecular complexity index is 1050. The Morgan fingerprint density at radius 2 is 1.87 bits per heavy atom. The highest BCUT2D eigenvalue weighted by Crippen LogP contribution is 2.35. The Labute approximate surface area is 177 Å². The molecule has 1 atom stereocenters. The number of fused-ring (bicyclic) bond motifs is 1. The Hall–Kier alpha value is -3.33. The number of Topliss-reactive ketones (excluding diaryl/α,β-unsaturated/α-hetero) is 1. The van der Waals surface area contributed by atoms with Crippen LogP contribution in [0.1, 0.15) is 35.7 Å². The number of carbonyl (C=O) groups is 2. The maximum absolute atomic E-state index is 12.1. The minimum Gasteiger partial charge on any atom is -0.485 e. The van der Waals surface area contributed by atoms with Gasteiger partial charge in [-0.25, -0.2) is 0 Å². The monoisotopic (exact) mass is 425 g/mol. The number of para-hydroxylation sites is 2. The van der Waals surface area contributed by atoms with E-state index in [2.05, 4.69) is 15.5 Å². The Morgan fingerprint density at radius 3 is 2.63 bits per heavy atom. The fraction of sp³-hybridized carbons (Fsp3) is 0.238. The first kappa shape index (κ1) is 20.0. The molecule has 3 aromatic rings. The summed E-state index contributed by atoms with van der Waals surface area (Å²) >= 11 is 1.29. The summed E-state index contributed by atoms with van der Waals surface area (Å²) in [6.07, 6.45) is -0.198. The molecule has 154 valence electrons. The van der Waals surface area contributed by atoms with Crippen molar-refractivity contribution in [2.75, 3.05) is 17.7 Å². The van der Waals surface area contributed by atoms with Gasteiger partial charge in [-0.15, -0.1) is 10.2 Å². The van der Waals surface area contributed by atoms with Gasteiger partial charge in [0.15, 0.2) is 17.3 Å². The number of thioether (sulfide) groups is 1. The van der Waals surface area contributed by atoms with Gasteiger partial charge in [0.05, 0.1) is 0 Å². The van der Waals surface area contributed by atoms with Gasteiger partial charge >= 0.3 is 0 Å². The summed E-state index contributed by atoms with van der Waals surface area (Å²) in [7, 11) is 0. The van der Waals surface area contributed by atoms with E-state index in [1.54, 1.807) is 24.3 Å². The summed E-state index contributed by atoms with van der Waals surface area (Å²) in [6, 6.07) is 14.2. The van der Waals surface area contributed by atoms with Crippen LogP contribution in [0.15, 0.2) is 58.2 Å². The van der Waals surface area contributed by atoms with Crippen molar-refractivity contribution >= 4 is 29.1 Å². The summed E-state index contributed by atoms with van der Waals surface area (Å²) in [5.74, 6) is 1.97. The molecule has 0 aliphatic carbocycles. The van der Waals surface area contributed by atoms with Crippen molar-refractivity contribution in [2.24, 2.45) is 0 Å². The molecule has 0 fully saturated rings. The molecule has 30 heavy (non-hydrogen) atoms. The third kappa shape index (κ3) is 4.80. The number of hydrogen-bond donors (Lipinski definition) is 1. The topological polar surface area (TPSA) is 104 Å². The van der Waals surface area contributed by atoms with Crippen molar-refractivity contribution in [3.8, 4) is 11.5 Å². The second kappa shape index (κ2) is 9.00. The zero-order chi connectivity index (χ0) is 20.9. The van der Waals surface area contributed by atoms with E-state index in [9.17, 15) is 9.59 Å². The Morgan fingerprint density at radius 1 is 1.10 bits per heavy atom. The first-order valence-corrected chi connectivity index (χ1v) is 10.3. The zero-order valence-corrected chi connectivity index (χ0v) is 17.0. The standard InChI is InChI=1S/C21H19N3O5S/c1-13(25)14-6-8-15(9-7-14)22-19(26)10-11-30-21-24-23-20(29-21)18-12-27-16-4-2-3-5-17(16)28-18/h2-9,18H,10-12H2,1H3,(H,22,26). The molecule has 1 aliphatic rings. The van der Waals surface area contributed by atoms with Crippen molar-refractivity contribution in [3.05, 3.63) is 60.0 Å². The summed E-state index contributed by atoms with van der Waals surface area (Å²) in [5, 5.41) is 11.2. The van der Waals surface area contributed by atoms with Crippen molar-refractivity contribution < 1.29 is 23.5 Å². The summed E-state index contributed by atoms with van der Waals surface area (Å²) in [4.78, 5) is 23.4. The molecule has 1 unspecified atom stereocenters. The van der Waals surface area contributed by atoms with E-state index in [1.807, 2.05) is 24.3 Å². The van der Waals surface area contributed by atoms with Crippen molar-refractivity contribution in [2.45, 2.75) is 24.7 Å². The van der Waals surface area contributed by atoms with Gasteiger partial charge < -0.3 is 19.2 Å². The number of ketones is 1. The summed E-state index contributed by atoms with van der Waals surface area (Å²) in [6.45, 7) is 1.79. The molecule has 1 N–H and O–H groups in total. The summed E-state index contributed by atoms with van der Waals surface area (Å²) in [5.41, 5.74) is 1.25. The van der Waals surface area contributed by atoms with Crippen LogP contribution in [0, 0.1) is 0 Å². The molecule has 1 aliphatic heterocycles. The third-order valence-electron chi connectivity index (χ3n) is 4.34. The number of aromatic nitrogens is 2. The van der Waals surface area contributed by atoms with Crippen LogP contribution in [0.4, 0.5) is 5.69 Å². The molecule has 4 rings (SSSR count). The first-order chi connectivity index (χ1) is 14.6. The van der Waals surface area contributed by atoms with Crippen LogP contribution < -0.4 is 14.8 Å². The number of ether oxygens (including phenoxy) is 2. The first-order valence-electron chi connectivity index (χ1n) is 9.34. The average molecular weight is 425 g/mol. The minimum atomic E-state index is -0.469. The molecule has 0 radical (unpaired) electrons. The third-order valence-corrected chi connectivity index (χ3v) is 5.16. The Kier molecular flexibility index (Phi) is 5.99. The SMILES string of the molecule is CC(=O)c1ccc(NC(=O)CCSc2nnc(C3COc4ccccc4O3)o2)cc1. The predicted octanol–water partition coefficient (Wildman–Crippen LogP) is 3.91. The number of hydrogen-bond acceptors (Lipinski definition) is 8. The molecular formula is C21H19N3O5S. The van der Waals surface area contributed by atoms with Gasteiger partial charge in [-0.2, -0.15) is 0 Å². The number of benzene rings is 2. The molecule has 2 heterocycles. The molecule has 0 saturated heterocycles. The Balaban J connectivity index is 1.25. The van der Waals surface area contributed by atoms with Gasteiger partial charge in [0.25, 0.3) is 11.1 Å². The molecule has 9 heteroatoms. The van der Waals surface area contributed by atoms with Crippen molar-refractivity contribution in [3.63, 3.8) is 0 Å². The van der Waals surface area contributed by atoms with Crippen LogP contribution in [0.3, 0.4) is 0 Å². The maximum Gasteiger partial charge on any atom is 0.276 e. The molecular weight excluding hydrogens is 406 g/mol.